The van der Waals surface area contributed by atoms with Crippen molar-refractivity contribution in [3.8, 4) is 16.9 Å². The molecule has 1 aliphatic rings. The Morgan fingerprint density at radius 2 is 1.74 bits per heavy atom. The van der Waals surface area contributed by atoms with Gasteiger partial charge >= 0.3 is 0 Å². The molecule has 2 N–H and O–H groups in total. The van der Waals surface area contributed by atoms with E-state index in [9.17, 15) is 18.4 Å². The molecule has 0 aliphatic carbocycles. The summed E-state index contributed by atoms with van der Waals surface area (Å²) in [4.78, 5) is 27.5. The van der Waals surface area contributed by atoms with E-state index in [1.165, 1.54) is 38.3 Å². The van der Waals surface area contributed by atoms with Gasteiger partial charge in [0, 0.05) is 36.1 Å². The maximum Gasteiger partial charge on any atom is 0.254 e. The van der Waals surface area contributed by atoms with Gasteiger partial charge in [-0.3, -0.25) is 9.59 Å². The minimum atomic E-state index is -0.906. The van der Waals surface area contributed by atoms with Crippen LogP contribution in [0.25, 0.3) is 11.1 Å². The van der Waals surface area contributed by atoms with E-state index < -0.39 is 29.5 Å². The first-order valence-corrected chi connectivity index (χ1v) is 11.5. The van der Waals surface area contributed by atoms with Crippen molar-refractivity contribution in [2.75, 3.05) is 30.4 Å². The molecule has 0 radical (unpaired) electrons. The molecule has 0 aromatic heterocycles. The molecule has 0 bridgehead atoms. The molecule has 35 heavy (non-hydrogen) atoms. The standard InChI is InChI=1S/C27H27F2N3O3/c1-17(26(33)31-19-6-5-7-20(15-19)32-12-3-4-13-32)30-27(34)23-10-8-18(14-24(23)28)22-11-9-21(35-2)16-25(22)29/h5-11,14-17H,3-4,12-13H2,1-2H3,(H,30,34)(H,31,33). The zero-order valence-electron chi connectivity index (χ0n) is 19.6. The molecule has 6 nitrogen and oxygen atoms in total. The lowest BCUT2D eigenvalue weighted by Gasteiger charge is -2.19. The molecular weight excluding hydrogens is 452 g/mol. The van der Waals surface area contributed by atoms with Gasteiger partial charge in [-0.15, -0.1) is 0 Å². The topological polar surface area (TPSA) is 70.7 Å². The van der Waals surface area contributed by atoms with Gasteiger partial charge < -0.3 is 20.3 Å². The van der Waals surface area contributed by atoms with E-state index in [1.807, 2.05) is 18.2 Å². The molecule has 1 saturated heterocycles. The Bertz CT molecular complexity index is 1240. The molecule has 0 saturated carbocycles. The first kappa shape index (κ1) is 24.2. The summed E-state index contributed by atoms with van der Waals surface area (Å²) in [6, 6.07) is 14.7. The molecule has 4 rings (SSSR count). The van der Waals surface area contributed by atoms with Gasteiger partial charge in [-0.2, -0.15) is 0 Å². The van der Waals surface area contributed by atoms with Crippen LogP contribution in [0.2, 0.25) is 0 Å². The molecule has 3 aromatic rings. The first-order chi connectivity index (χ1) is 16.9. The number of carbonyl (C=O) groups excluding carboxylic acids is 2. The van der Waals surface area contributed by atoms with E-state index in [0.29, 0.717) is 11.4 Å². The summed E-state index contributed by atoms with van der Waals surface area (Å²) in [5.41, 5.74) is 1.88. The number of hydrogen-bond acceptors (Lipinski definition) is 4. The lowest BCUT2D eigenvalue weighted by molar-refractivity contribution is -0.117. The smallest absolute Gasteiger partial charge is 0.254 e. The number of nitrogens with zero attached hydrogens (tertiary/aromatic N) is 1. The second-order valence-electron chi connectivity index (χ2n) is 8.47. The molecule has 1 unspecified atom stereocenters. The van der Waals surface area contributed by atoms with E-state index >= 15 is 0 Å². The van der Waals surface area contributed by atoms with E-state index in [2.05, 4.69) is 15.5 Å². The van der Waals surface area contributed by atoms with Crippen LogP contribution in [-0.2, 0) is 4.79 Å². The third kappa shape index (κ3) is 5.59. The molecule has 3 aromatic carbocycles. The highest BCUT2D eigenvalue weighted by molar-refractivity contribution is 6.01. The second kappa shape index (κ2) is 10.5. The highest BCUT2D eigenvalue weighted by Crippen LogP contribution is 2.28. The fourth-order valence-electron chi connectivity index (χ4n) is 4.07. The predicted octanol–water partition coefficient (Wildman–Crippen LogP) is 5.00. The summed E-state index contributed by atoms with van der Waals surface area (Å²) in [6.07, 6.45) is 2.29. The van der Waals surface area contributed by atoms with Crippen molar-refractivity contribution in [3.05, 3.63) is 77.9 Å². The largest absolute Gasteiger partial charge is 0.497 e. The van der Waals surface area contributed by atoms with Crippen LogP contribution >= 0.6 is 0 Å². The Morgan fingerprint density at radius 1 is 0.971 bits per heavy atom. The Labute approximate surface area is 202 Å². The van der Waals surface area contributed by atoms with Crippen molar-refractivity contribution in [2.45, 2.75) is 25.8 Å². The van der Waals surface area contributed by atoms with Crippen LogP contribution in [0.15, 0.2) is 60.7 Å². The molecule has 182 valence electrons. The van der Waals surface area contributed by atoms with Crippen molar-refractivity contribution in [1.29, 1.82) is 0 Å². The van der Waals surface area contributed by atoms with E-state index in [1.54, 1.807) is 12.1 Å². The maximum atomic E-state index is 14.7. The summed E-state index contributed by atoms with van der Waals surface area (Å²) in [7, 11) is 1.43. The normalized spacial score (nSPS) is 13.9. The van der Waals surface area contributed by atoms with Gasteiger partial charge in [-0.25, -0.2) is 8.78 Å². The summed E-state index contributed by atoms with van der Waals surface area (Å²) >= 11 is 0. The number of carbonyl (C=O) groups is 2. The fraction of sp³-hybridized carbons (Fsp3) is 0.259. The van der Waals surface area contributed by atoms with Crippen molar-refractivity contribution >= 4 is 23.2 Å². The fourth-order valence-corrected chi connectivity index (χ4v) is 4.07. The molecule has 1 heterocycles. The minimum Gasteiger partial charge on any atom is -0.497 e. The van der Waals surface area contributed by atoms with Crippen LogP contribution in [0, 0.1) is 11.6 Å². The number of ether oxygens (including phenoxy) is 1. The van der Waals surface area contributed by atoms with Gasteiger partial charge in [0.2, 0.25) is 5.91 Å². The zero-order chi connectivity index (χ0) is 24.9. The molecule has 0 spiro atoms. The predicted molar refractivity (Wildman–Crippen MR) is 132 cm³/mol. The van der Waals surface area contributed by atoms with E-state index in [-0.39, 0.29) is 16.7 Å². The van der Waals surface area contributed by atoms with Gasteiger partial charge in [0.05, 0.1) is 12.7 Å². The Hall–Kier alpha value is -3.94. The van der Waals surface area contributed by atoms with Crippen molar-refractivity contribution in [1.82, 2.24) is 5.32 Å². The number of nitrogens with one attached hydrogen (secondary N) is 2. The summed E-state index contributed by atoms with van der Waals surface area (Å²) in [6.45, 7) is 3.50. The molecule has 2 amide bonds. The van der Waals surface area contributed by atoms with Crippen molar-refractivity contribution in [3.63, 3.8) is 0 Å². The van der Waals surface area contributed by atoms with E-state index in [4.69, 9.17) is 4.74 Å². The van der Waals surface area contributed by atoms with Crippen molar-refractivity contribution < 1.29 is 23.1 Å². The minimum absolute atomic E-state index is 0.181. The molecule has 1 aliphatic heterocycles. The van der Waals surface area contributed by atoms with Gasteiger partial charge in [0.15, 0.2) is 0 Å². The number of amides is 2. The number of rotatable bonds is 7. The maximum absolute atomic E-state index is 14.7. The Kier molecular flexibility index (Phi) is 7.29. The van der Waals surface area contributed by atoms with Gasteiger partial charge in [-0.05, 0) is 67.8 Å². The van der Waals surface area contributed by atoms with Gasteiger partial charge in [0.25, 0.3) is 5.91 Å². The Morgan fingerprint density at radius 3 is 2.43 bits per heavy atom. The number of anilines is 2. The number of halogens is 2. The quantitative estimate of drug-likeness (QED) is 0.501. The Balaban J connectivity index is 1.41. The third-order valence-electron chi connectivity index (χ3n) is 6.03. The van der Waals surface area contributed by atoms with Crippen LogP contribution in [0.4, 0.5) is 20.2 Å². The molecular formula is C27H27F2N3O3. The number of methoxy groups -OCH3 is 1. The highest BCUT2D eigenvalue weighted by atomic mass is 19.1. The van der Waals surface area contributed by atoms with Crippen molar-refractivity contribution in [2.24, 2.45) is 0 Å². The number of benzene rings is 3. The number of hydrogen-bond donors (Lipinski definition) is 2. The van der Waals surface area contributed by atoms with Crippen LogP contribution in [0.3, 0.4) is 0 Å². The van der Waals surface area contributed by atoms with Gasteiger partial charge in [0.1, 0.15) is 23.4 Å². The molecule has 8 heteroatoms. The van der Waals surface area contributed by atoms with Crippen LogP contribution in [0.5, 0.6) is 5.75 Å². The lowest BCUT2D eigenvalue weighted by Crippen LogP contribution is -2.41. The third-order valence-corrected chi connectivity index (χ3v) is 6.03. The van der Waals surface area contributed by atoms with Gasteiger partial charge in [-0.1, -0.05) is 12.1 Å². The van der Waals surface area contributed by atoms with Crippen LogP contribution < -0.4 is 20.3 Å². The second-order valence-corrected chi connectivity index (χ2v) is 8.47. The van der Waals surface area contributed by atoms with Crippen LogP contribution in [-0.4, -0.2) is 38.1 Å². The first-order valence-electron chi connectivity index (χ1n) is 11.5. The highest BCUT2D eigenvalue weighted by Gasteiger charge is 2.20. The molecule has 1 fully saturated rings. The monoisotopic (exact) mass is 479 g/mol. The lowest BCUT2D eigenvalue weighted by atomic mass is 10.0. The summed E-state index contributed by atoms with van der Waals surface area (Å²) in [5.74, 6) is -2.20. The SMILES string of the molecule is COc1ccc(-c2ccc(C(=O)NC(C)C(=O)Nc3cccc(N4CCCC4)c3)c(F)c2)c(F)c1. The zero-order valence-corrected chi connectivity index (χ0v) is 19.6. The average molecular weight is 480 g/mol. The summed E-state index contributed by atoms with van der Waals surface area (Å²) < 4.78 is 34.1. The van der Waals surface area contributed by atoms with E-state index in [0.717, 1.165) is 37.7 Å². The summed E-state index contributed by atoms with van der Waals surface area (Å²) in [5, 5.41) is 5.32. The average Bonchev–Trinajstić information content (AvgIpc) is 3.39. The molecule has 1 atom stereocenters. The van der Waals surface area contributed by atoms with Crippen LogP contribution in [0.1, 0.15) is 30.1 Å².